The van der Waals surface area contributed by atoms with E-state index in [9.17, 15) is 0 Å². The van der Waals surface area contributed by atoms with E-state index in [0.717, 1.165) is 0 Å². The van der Waals surface area contributed by atoms with E-state index in [0.29, 0.717) is 6.42 Å². The lowest BCUT2D eigenvalue weighted by molar-refractivity contribution is 0.252. The smallest absolute Gasteiger partial charge is 0.102 e. The molecule has 1 unspecified atom stereocenters. The van der Waals surface area contributed by atoms with Crippen molar-refractivity contribution < 1.29 is 10.2 Å². The van der Waals surface area contributed by atoms with Crippen LogP contribution in [0.5, 0.6) is 0 Å². The van der Waals surface area contributed by atoms with Crippen molar-refractivity contribution in [3.8, 4) is 0 Å². The molecule has 0 aliphatic heterocycles. The Hall–Kier alpha value is -0.540. The van der Waals surface area contributed by atoms with Crippen LogP contribution in [0.1, 0.15) is 6.42 Å². The minimum absolute atomic E-state index is 0.0606. The van der Waals surface area contributed by atoms with Gasteiger partial charge in [0, 0.05) is 6.61 Å². The highest BCUT2D eigenvalue weighted by atomic mass is 16.3. The van der Waals surface area contributed by atoms with Gasteiger partial charge in [-0.15, -0.1) is 0 Å². The molecule has 0 saturated heterocycles. The summed E-state index contributed by atoms with van der Waals surface area (Å²) in [6.07, 6.45) is 0.506. The highest BCUT2D eigenvalue weighted by molar-refractivity contribution is 4.93. The van der Waals surface area contributed by atoms with Crippen molar-refractivity contribution in [1.82, 2.24) is 5.32 Å². The predicted octanol–water partition coefficient (Wildman–Crippen LogP) is 0.0285. The maximum absolute atomic E-state index is 8.78. The maximum atomic E-state index is 8.78. The van der Waals surface area contributed by atoms with Gasteiger partial charge >= 0.3 is 0 Å². The molecular formula is C6H13NO2. The first-order chi connectivity index (χ1) is 4.22. The summed E-state index contributed by atoms with van der Waals surface area (Å²) in [6.45, 7) is 3.39. The molecule has 0 bridgehead atoms. The van der Waals surface area contributed by atoms with Crippen LogP contribution in [0.2, 0.25) is 0 Å². The van der Waals surface area contributed by atoms with Gasteiger partial charge in [0.25, 0.3) is 0 Å². The van der Waals surface area contributed by atoms with Gasteiger partial charge in [-0.25, -0.2) is 0 Å². The summed E-state index contributed by atoms with van der Waals surface area (Å²) in [5.41, 5.74) is 0. The van der Waals surface area contributed by atoms with Crippen LogP contribution in [0, 0.1) is 0 Å². The zero-order chi connectivity index (χ0) is 7.28. The Kier molecular flexibility index (Phi) is 4.09. The molecule has 0 radical (unpaired) electrons. The van der Waals surface area contributed by atoms with Crippen LogP contribution in [-0.4, -0.2) is 29.9 Å². The SMILES string of the molecule is C=C(O)C(CCO)NC. The Morgan fingerprint density at radius 1 is 1.78 bits per heavy atom. The second kappa shape index (κ2) is 4.35. The Morgan fingerprint density at radius 2 is 2.33 bits per heavy atom. The quantitative estimate of drug-likeness (QED) is 0.472. The van der Waals surface area contributed by atoms with Crippen LogP contribution in [-0.2, 0) is 0 Å². The monoisotopic (exact) mass is 131 g/mol. The van der Waals surface area contributed by atoms with Crippen LogP contribution in [0.15, 0.2) is 12.3 Å². The summed E-state index contributed by atoms with van der Waals surface area (Å²) in [4.78, 5) is 0. The molecule has 0 fully saturated rings. The van der Waals surface area contributed by atoms with Crippen molar-refractivity contribution in [2.75, 3.05) is 13.7 Å². The molecule has 0 amide bonds. The Balaban J connectivity index is 3.54. The first-order valence-electron chi connectivity index (χ1n) is 2.88. The number of aliphatic hydroxyl groups is 2. The highest BCUT2D eigenvalue weighted by Gasteiger charge is 2.06. The Bertz CT molecular complexity index is 93.1. The molecule has 0 rings (SSSR count). The number of nitrogens with one attached hydrogen (secondary N) is 1. The lowest BCUT2D eigenvalue weighted by atomic mass is 10.2. The average Bonchev–Trinajstić information content (AvgIpc) is 1.82. The number of aliphatic hydroxyl groups excluding tert-OH is 2. The van der Waals surface area contributed by atoms with E-state index in [2.05, 4.69) is 11.9 Å². The first-order valence-corrected chi connectivity index (χ1v) is 2.88. The molecule has 0 heterocycles. The number of rotatable bonds is 4. The Labute approximate surface area is 55.0 Å². The summed E-state index contributed by atoms with van der Waals surface area (Å²) in [5.74, 6) is 0.0755. The summed E-state index contributed by atoms with van der Waals surface area (Å²) in [6, 6.07) is -0.171. The van der Waals surface area contributed by atoms with E-state index in [1.54, 1.807) is 7.05 Å². The number of hydrogen-bond donors (Lipinski definition) is 3. The van der Waals surface area contributed by atoms with E-state index >= 15 is 0 Å². The van der Waals surface area contributed by atoms with Gasteiger partial charge in [-0.3, -0.25) is 0 Å². The van der Waals surface area contributed by atoms with E-state index in [-0.39, 0.29) is 18.4 Å². The predicted molar refractivity (Wildman–Crippen MR) is 36.3 cm³/mol. The van der Waals surface area contributed by atoms with Gasteiger partial charge in [-0.2, -0.15) is 0 Å². The van der Waals surface area contributed by atoms with Crippen molar-refractivity contribution in [2.45, 2.75) is 12.5 Å². The third kappa shape index (κ3) is 3.11. The van der Waals surface area contributed by atoms with Crippen molar-refractivity contribution in [3.05, 3.63) is 12.3 Å². The third-order valence-corrected chi connectivity index (χ3v) is 1.17. The molecule has 0 saturated carbocycles. The van der Waals surface area contributed by atoms with Crippen LogP contribution in [0.3, 0.4) is 0 Å². The van der Waals surface area contributed by atoms with Gasteiger partial charge in [-0.05, 0) is 13.5 Å². The van der Waals surface area contributed by atoms with Gasteiger partial charge in [0.2, 0.25) is 0 Å². The molecular weight excluding hydrogens is 118 g/mol. The van der Waals surface area contributed by atoms with Crippen molar-refractivity contribution in [3.63, 3.8) is 0 Å². The van der Waals surface area contributed by atoms with E-state index in [4.69, 9.17) is 10.2 Å². The molecule has 0 aliphatic carbocycles. The Morgan fingerprint density at radius 3 is 2.44 bits per heavy atom. The first kappa shape index (κ1) is 8.46. The van der Waals surface area contributed by atoms with E-state index < -0.39 is 0 Å². The van der Waals surface area contributed by atoms with Gasteiger partial charge in [0.15, 0.2) is 0 Å². The molecule has 3 heteroatoms. The van der Waals surface area contributed by atoms with Crippen LogP contribution >= 0.6 is 0 Å². The number of likely N-dealkylation sites (N-methyl/N-ethyl adjacent to an activating group) is 1. The fourth-order valence-corrected chi connectivity index (χ4v) is 0.607. The minimum atomic E-state index is -0.171. The zero-order valence-corrected chi connectivity index (χ0v) is 5.59. The maximum Gasteiger partial charge on any atom is 0.102 e. The van der Waals surface area contributed by atoms with E-state index in [1.807, 2.05) is 0 Å². The molecule has 0 aromatic heterocycles. The summed E-state index contributed by atoms with van der Waals surface area (Å²) >= 11 is 0. The summed E-state index contributed by atoms with van der Waals surface area (Å²) < 4.78 is 0. The van der Waals surface area contributed by atoms with Gasteiger partial charge in [0.05, 0.1) is 6.04 Å². The molecule has 0 aromatic rings. The van der Waals surface area contributed by atoms with Gasteiger partial charge < -0.3 is 15.5 Å². The second-order valence-corrected chi connectivity index (χ2v) is 1.84. The lowest BCUT2D eigenvalue weighted by Gasteiger charge is -2.11. The molecule has 0 aliphatic rings. The van der Waals surface area contributed by atoms with Crippen molar-refractivity contribution in [1.29, 1.82) is 0 Å². The number of hydrogen-bond acceptors (Lipinski definition) is 3. The summed E-state index contributed by atoms with van der Waals surface area (Å²) in [7, 11) is 1.71. The highest BCUT2D eigenvalue weighted by Crippen LogP contribution is 1.97. The lowest BCUT2D eigenvalue weighted by Crippen LogP contribution is -2.27. The topological polar surface area (TPSA) is 52.5 Å². The third-order valence-electron chi connectivity index (χ3n) is 1.17. The molecule has 3 nitrogen and oxygen atoms in total. The fraction of sp³-hybridized carbons (Fsp3) is 0.667. The molecule has 1 atom stereocenters. The second-order valence-electron chi connectivity index (χ2n) is 1.84. The average molecular weight is 131 g/mol. The van der Waals surface area contributed by atoms with E-state index in [1.165, 1.54) is 0 Å². The molecule has 3 N–H and O–H groups in total. The molecule has 0 aromatic carbocycles. The molecule has 54 valence electrons. The fourth-order valence-electron chi connectivity index (χ4n) is 0.607. The van der Waals surface area contributed by atoms with Gasteiger partial charge in [0.1, 0.15) is 5.76 Å². The van der Waals surface area contributed by atoms with Crippen LogP contribution < -0.4 is 5.32 Å². The summed E-state index contributed by atoms with van der Waals surface area (Å²) in [5, 5.41) is 20.0. The minimum Gasteiger partial charge on any atom is -0.511 e. The standard InChI is InChI=1S/C6H13NO2/c1-5(9)6(7-2)3-4-8/h6-9H,1,3-4H2,2H3. The van der Waals surface area contributed by atoms with Crippen LogP contribution in [0.25, 0.3) is 0 Å². The van der Waals surface area contributed by atoms with Crippen molar-refractivity contribution >= 4 is 0 Å². The molecule has 0 spiro atoms. The molecule has 9 heavy (non-hydrogen) atoms. The normalized spacial score (nSPS) is 13.1. The zero-order valence-electron chi connectivity index (χ0n) is 5.59. The van der Waals surface area contributed by atoms with Crippen molar-refractivity contribution in [2.24, 2.45) is 0 Å². The van der Waals surface area contributed by atoms with Crippen LogP contribution in [0.4, 0.5) is 0 Å². The van der Waals surface area contributed by atoms with Gasteiger partial charge in [-0.1, -0.05) is 6.58 Å². The largest absolute Gasteiger partial charge is 0.511 e.